The van der Waals surface area contributed by atoms with Crippen molar-refractivity contribution in [2.24, 2.45) is 5.10 Å². The second kappa shape index (κ2) is 6.83. The average Bonchev–Trinajstić information content (AvgIpc) is 3.18. The van der Waals surface area contributed by atoms with Gasteiger partial charge in [0.2, 0.25) is 0 Å². The largest absolute Gasteiger partial charge is 0.283 e. The van der Waals surface area contributed by atoms with Crippen molar-refractivity contribution >= 4 is 56.0 Å². The molecule has 0 saturated carbocycles. The molecule has 0 spiro atoms. The second-order valence-electron chi connectivity index (χ2n) is 5.00. The van der Waals surface area contributed by atoms with Crippen LogP contribution in [0.15, 0.2) is 41.5 Å². The summed E-state index contributed by atoms with van der Waals surface area (Å²) in [4.78, 5) is 15.2. The smallest absolute Gasteiger partial charge is 0.266 e. The summed E-state index contributed by atoms with van der Waals surface area (Å²) in [7, 11) is 0. The zero-order valence-electron chi connectivity index (χ0n) is 12.7. The molecule has 118 valence electrons. The van der Waals surface area contributed by atoms with E-state index < -0.39 is 0 Å². The van der Waals surface area contributed by atoms with E-state index in [0.29, 0.717) is 9.90 Å². The van der Waals surface area contributed by atoms with Crippen LogP contribution in [0.25, 0.3) is 10.1 Å². The average molecular weight is 363 g/mol. The van der Waals surface area contributed by atoms with E-state index >= 15 is 0 Å². The van der Waals surface area contributed by atoms with Crippen LogP contribution in [0.5, 0.6) is 0 Å². The molecule has 0 fully saturated rings. The molecule has 2 aromatic heterocycles. The van der Waals surface area contributed by atoms with Crippen LogP contribution in [0.2, 0.25) is 5.02 Å². The van der Waals surface area contributed by atoms with Gasteiger partial charge in [-0.15, -0.1) is 22.7 Å². The Morgan fingerprint density at radius 1 is 1.22 bits per heavy atom. The third-order valence-corrected chi connectivity index (χ3v) is 6.45. The highest BCUT2D eigenvalue weighted by Crippen LogP contribution is 2.34. The molecule has 0 saturated heterocycles. The molecule has 1 amide bonds. The number of halogens is 1. The van der Waals surface area contributed by atoms with Gasteiger partial charge in [0.1, 0.15) is 4.88 Å². The molecule has 0 unspecified atom stereocenters. The van der Waals surface area contributed by atoms with Gasteiger partial charge in [0.05, 0.1) is 15.6 Å². The fourth-order valence-electron chi connectivity index (χ4n) is 2.16. The number of carbonyl (C=O) groups excluding carboxylic acids is 1. The van der Waals surface area contributed by atoms with E-state index in [1.54, 1.807) is 11.3 Å². The van der Waals surface area contributed by atoms with Gasteiger partial charge in [0.25, 0.3) is 5.91 Å². The Kier molecular flexibility index (Phi) is 4.80. The predicted molar refractivity (Wildman–Crippen MR) is 100 cm³/mol. The molecule has 0 aliphatic rings. The number of nitrogens with one attached hydrogen (secondary N) is 1. The predicted octanol–water partition coefficient (Wildman–Crippen LogP) is 5.33. The third-order valence-electron chi connectivity index (χ3n) is 3.43. The van der Waals surface area contributed by atoms with Gasteiger partial charge in [0, 0.05) is 15.0 Å². The SMILES string of the molecule is CCc1ccc(C(C)=NNC(=O)c2sc3ccccc3c2Cl)s1. The Bertz CT molecular complexity index is 895. The number of rotatable bonds is 4. The fraction of sp³-hybridized carbons (Fsp3) is 0.176. The van der Waals surface area contributed by atoms with E-state index in [2.05, 4.69) is 23.5 Å². The molecule has 6 heteroatoms. The summed E-state index contributed by atoms with van der Waals surface area (Å²) in [6.45, 7) is 4.01. The molecule has 0 atom stereocenters. The molecule has 1 aromatic carbocycles. The molecule has 0 bridgehead atoms. The van der Waals surface area contributed by atoms with Crippen LogP contribution in [0.1, 0.15) is 33.3 Å². The van der Waals surface area contributed by atoms with Crippen molar-refractivity contribution in [1.82, 2.24) is 5.43 Å². The van der Waals surface area contributed by atoms with Crippen molar-refractivity contribution in [3.63, 3.8) is 0 Å². The van der Waals surface area contributed by atoms with Crippen LogP contribution in [0.4, 0.5) is 0 Å². The lowest BCUT2D eigenvalue weighted by Gasteiger charge is -2.00. The maximum atomic E-state index is 12.3. The molecule has 1 N–H and O–H groups in total. The molecule has 3 nitrogen and oxygen atoms in total. The van der Waals surface area contributed by atoms with E-state index in [-0.39, 0.29) is 5.91 Å². The Labute approximate surface area is 147 Å². The minimum atomic E-state index is -0.275. The number of hydrogen-bond donors (Lipinski definition) is 1. The van der Waals surface area contributed by atoms with Crippen molar-refractivity contribution in [2.45, 2.75) is 20.3 Å². The van der Waals surface area contributed by atoms with E-state index in [1.807, 2.05) is 37.3 Å². The molecule has 23 heavy (non-hydrogen) atoms. The minimum Gasteiger partial charge on any atom is -0.266 e. The maximum absolute atomic E-state index is 12.3. The first-order valence-corrected chi connectivity index (χ1v) is 9.22. The highest BCUT2D eigenvalue weighted by molar-refractivity contribution is 7.21. The normalized spacial score (nSPS) is 11.9. The quantitative estimate of drug-likeness (QED) is 0.494. The number of carbonyl (C=O) groups is 1. The summed E-state index contributed by atoms with van der Waals surface area (Å²) >= 11 is 9.38. The minimum absolute atomic E-state index is 0.275. The van der Waals surface area contributed by atoms with Crippen molar-refractivity contribution < 1.29 is 4.79 Å². The number of amides is 1. The van der Waals surface area contributed by atoms with Gasteiger partial charge in [-0.3, -0.25) is 4.79 Å². The lowest BCUT2D eigenvalue weighted by Crippen LogP contribution is -2.18. The van der Waals surface area contributed by atoms with Crippen LogP contribution in [-0.4, -0.2) is 11.6 Å². The van der Waals surface area contributed by atoms with Gasteiger partial charge >= 0.3 is 0 Å². The highest BCUT2D eigenvalue weighted by Gasteiger charge is 2.16. The van der Waals surface area contributed by atoms with Crippen molar-refractivity contribution in [1.29, 1.82) is 0 Å². The summed E-state index contributed by atoms with van der Waals surface area (Å²) in [6, 6.07) is 11.8. The van der Waals surface area contributed by atoms with Crippen LogP contribution in [-0.2, 0) is 6.42 Å². The molecule has 2 heterocycles. The Balaban J connectivity index is 1.80. The topological polar surface area (TPSA) is 41.5 Å². The van der Waals surface area contributed by atoms with Crippen molar-refractivity contribution in [2.75, 3.05) is 0 Å². The first kappa shape index (κ1) is 16.2. The molecule has 0 radical (unpaired) electrons. The van der Waals surface area contributed by atoms with E-state index in [9.17, 15) is 4.79 Å². The highest BCUT2D eigenvalue weighted by atomic mass is 35.5. The summed E-state index contributed by atoms with van der Waals surface area (Å²) < 4.78 is 0.995. The molecule has 3 rings (SSSR count). The van der Waals surface area contributed by atoms with Gasteiger partial charge in [-0.2, -0.15) is 5.10 Å². The van der Waals surface area contributed by atoms with E-state index in [4.69, 9.17) is 11.6 Å². The standard InChI is InChI=1S/C17H15ClN2OS2/c1-3-11-8-9-13(22-11)10(2)19-20-17(21)16-15(18)12-6-4-5-7-14(12)23-16/h4-9H,3H2,1-2H3,(H,20,21). The lowest BCUT2D eigenvalue weighted by molar-refractivity contribution is 0.0959. The number of benzene rings is 1. The van der Waals surface area contributed by atoms with Crippen molar-refractivity contribution in [3.8, 4) is 0 Å². The summed E-state index contributed by atoms with van der Waals surface area (Å²) in [5, 5.41) is 5.59. The second-order valence-corrected chi connectivity index (χ2v) is 7.60. The number of thiophene rings is 2. The first-order valence-electron chi connectivity index (χ1n) is 7.21. The zero-order chi connectivity index (χ0) is 16.4. The Morgan fingerprint density at radius 2 is 2.00 bits per heavy atom. The molecule has 3 aromatic rings. The van der Waals surface area contributed by atoms with Gasteiger partial charge < -0.3 is 0 Å². The fourth-order valence-corrected chi connectivity index (χ4v) is 4.46. The Hall–Kier alpha value is -1.69. The summed E-state index contributed by atoms with van der Waals surface area (Å²) in [5.74, 6) is -0.275. The van der Waals surface area contributed by atoms with Crippen LogP contribution < -0.4 is 5.43 Å². The lowest BCUT2D eigenvalue weighted by atomic mass is 10.2. The van der Waals surface area contributed by atoms with E-state index in [0.717, 1.165) is 27.1 Å². The Morgan fingerprint density at radius 3 is 2.70 bits per heavy atom. The van der Waals surface area contributed by atoms with Gasteiger partial charge in [0.15, 0.2) is 0 Å². The van der Waals surface area contributed by atoms with Gasteiger partial charge in [-0.1, -0.05) is 36.7 Å². The van der Waals surface area contributed by atoms with Crippen LogP contribution >= 0.6 is 34.3 Å². The van der Waals surface area contributed by atoms with Crippen molar-refractivity contribution in [3.05, 3.63) is 56.1 Å². The monoisotopic (exact) mass is 362 g/mol. The first-order chi connectivity index (χ1) is 11.1. The number of hydrazone groups is 1. The number of nitrogens with zero attached hydrogens (tertiary/aromatic N) is 1. The molecular weight excluding hydrogens is 348 g/mol. The molecule has 0 aliphatic heterocycles. The van der Waals surface area contributed by atoms with E-state index in [1.165, 1.54) is 16.2 Å². The molecular formula is C17H15ClN2OS2. The van der Waals surface area contributed by atoms with Gasteiger partial charge in [-0.05, 0) is 31.5 Å². The zero-order valence-corrected chi connectivity index (χ0v) is 15.1. The number of fused-ring (bicyclic) bond motifs is 1. The van der Waals surface area contributed by atoms with Crippen LogP contribution in [0.3, 0.4) is 0 Å². The molecule has 0 aliphatic carbocycles. The number of hydrogen-bond acceptors (Lipinski definition) is 4. The summed E-state index contributed by atoms with van der Waals surface area (Å²) in [6.07, 6.45) is 1.00. The third kappa shape index (κ3) is 3.32. The maximum Gasteiger partial charge on any atom is 0.283 e. The number of aryl methyl sites for hydroxylation is 1. The van der Waals surface area contributed by atoms with Crippen LogP contribution in [0, 0.1) is 0 Å². The van der Waals surface area contributed by atoms with Gasteiger partial charge in [-0.25, -0.2) is 5.43 Å². The summed E-state index contributed by atoms with van der Waals surface area (Å²) in [5.41, 5.74) is 3.40.